The third-order valence-corrected chi connectivity index (χ3v) is 7.64. The second kappa shape index (κ2) is 7.05. The molecule has 3 N–H and O–H groups in total. The van der Waals surface area contributed by atoms with Crippen LogP contribution in [-0.2, 0) is 19.6 Å². The molecule has 2 bridgehead atoms. The van der Waals surface area contributed by atoms with Crippen molar-refractivity contribution in [3.05, 3.63) is 17.0 Å². The Morgan fingerprint density at radius 1 is 1.40 bits per heavy atom. The maximum Gasteiger partial charge on any atom is 0.339 e. The van der Waals surface area contributed by atoms with Crippen LogP contribution in [-0.4, -0.2) is 32.9 Å². The third-order valence-electron chi connectivity index (χ3n) is 5.25. The van der Waals surface area contributed by atoms with Gasteiger partial charge in [-0.2, -0.15) is 0 Å². The fourth-order valence-corrected chi connectivity index (χ4v) is 5.67. The van der Waals surface area contributed by atoms with Crippen LogP contribution in [0.5, 0.6) is 0 Å². The van der Waals surface area contributed by atoms with Crippen LogP contribution in [0.1, 0.15) is 43.0 Å². The number of ether oxygens (including phenoxy) is 1. The number of thiophene rings is 1. The van der Waals surface area contributed by atoms with E-state index in [2.05, 4.69) is 5.32 Å². The van der Waals surface area contributed by atoms with Crippen molar-refractivity contribution in [2.45, 2.75) is 42.9 Å². The van der Waals surface area contributed by atoms with Crippen LogP contribution in [0.3, 0.4) is 0 Å². The number of nitrogens with one attached hydrogen (secondary N) is 1. The molecule has 1 amide bonds. The zero-order valence-electron chi connectivity index (χ0n) is 13.9. The van der Waals surface area contributed by atoms with Gasteiger partial charge in [0.1, 0.15) is 4.21 Å². The normalized spacial score (nSPS) is 26.4. The van der Waals surface area contributed by atoms with E-state index < -0.39 is 16.0 Å². The predicted molar refractivity (Wildman–Crippen MR) is 92.5 cm³/mol. The lowest BCUT2D eigenvalue weighted by molar-refractivity contribution is -0.125. The number of carbonyl (C=O) groups is 2. The van der Waals surface area contributed by atoms with E-state index in [4.69, 9.17) is 9.88 Å². The Balaban J connectivity index is 1.47. The third kappa shape index (κ3) is 4.21. The Labute approximate surface area is 151 Å². The van der Waals surface area contributed by atoms with Gasteiger partial charge < -0.3 is 10.1 Å². The summed E-state index contributed by atoms with van der Waals surface area (Å²) >= 11 is 0.839. The molecule has 1 aromatic heterocycles. The maximum absolute atomic E-state index is 12.0. The van der Waals surface area contributed by atoms with Gasteiger partial charge in [0.25, 0.3) is 5.91 Å². The highest BCUT2D eigenvalue weighted by atomic mass is 32.2. The molecule has 0 unspecified atom stereocenters. The number of amides is 1. The van der Waals surface area contributed by atoms with Crippen molar-refractivity contribution in [2.24, 2.45) is 22.9 Å². The molecular formula is C16H22N2O5S2. The number of rotatable bonds is 6. The molecule has 1 heterocycles. The quantitative estimate of drug-likeness (QED) is 0.719. The van der Waals surface area contributed by atoms with Crippen molar-refractivity contribution in [2.75, 3.05) is 6.61 Å². The molecule has 3 rings (SSSR count). The van der Waals surface area contributed by atoms with E-state index in [1.54, 1.807) is 0 Å². The zero-order valence-corrected chi connectivity index (χ0v) is 15.6. The first kappa shape index (κ1) is 18.3. The fourth-order valence-electron chi connectivity index (χ4n) is 4.10. The molecule has 138 valence electrons. The van der Waals surface area contributed by atoms with Gasteiger partial charge in [-0.3, -0.25) is 4.79 Å². The Bertz CT molecular complexity index is 773. The Kier molecular flexibility index (Phi) is 5.17. The van der Waals surface area contributed by atoms with Gasteiger partial charge in [0, 0.05) is 11.4 Å². The summed E-state index contributed by atoms with van der Waals surface area (Å²) in [4.78, 5) is 23.9. The lowest BCUT2D eigenvalue weighted by Crippen LogP contribution is -2.42. The molecule has 0 aromatic carbocycles. The van der Waals surface area contributed by atoms with Crippen molar-refractivity contribution in [1.29, 1.82) is 0 Å². The average molecular weight is 386 g/mol. The maximum atomic E-state index is 12.0. The standard InChI is InChI=1S/C16H22N2O5S2/c1-9(13-5-10-2-3-11(13)4-10)18-14(19)7-23-16(20)12-6-15(24-8-12)25(17,21)22/h6,8-11,13H,2-5,7H2,1H3,(H,18,19)(H2,17,21,22)/t9-,10-,11-,13-/m0/s1. The first-order valence-corrected chi connectivity index (χ1v) is 10.7. The van der Waals surface area contributed by atoms with Gasteiger partial charge in [-0.1, -0.05) is 6.42 Å². The lowest BCUT2D eigenvalue weighted by Gasteiger charge is -2.28. The van der Waals surface area contributed by atoms with E-state index in [0.29, 0.717) is 11.8 Å². The number of nitrogens with two attached hydrogens (primary N) is 1. The van der Waals surface area contributed by atoms with Gasteiger partial charge in [0.15, 0.2) is 6.61 Å². The molecule has 2 aliphatic rings. The highest BCUT2D eigenvalue weighted by Crippen LogP contribution is 2.49. The molecular weight excluding hydrogens is 364 g/mol. The summed E-state index contributed by atoms with van der Waals surface area (Å²) in [5, 5.41) is 9.26. The van der Waals surface area contributed by atoms with Crippen molar-refractivity contribution in [3.63, 3.8) is 0 Å². The first-order chi connectivity index (χ1) is 11.7. The molecule has 25 heavy (non-hydrogen) atoms. The molecule has 1 aromatic rings. The van der Waals surface area contributed by atoms with E-state index in [1.807, 2.05) is 6.92 Å². The summed E-state index contributed by atoms with van der Waals surface area (Å²) < 4.78 is 27.3. The fraction of sp³-hybridized carbons (Fsp3) is 0.625. The number of carbonyl (C=O) groups excluding carboxylic acids is 2. The number of hydrogen-bond acceptors (Lipinski definition) is 6. The summed E-state index contributed by atoms with van der Waals surface area (Å²) in [6.45, 7) is 1.62. The summed E-state index contributed by atoms with van der Waals surface area (Å²) in [5.74, 6) is 0.927. The molecule has 2 aliphatic carbocycles. The van der Waals surface area contributed by atoms with Crippen LogP contribution in [0.25, 0.3) is 0 Å². The van der Waals surface area contributed by atoms with Crippen molar-refractivity contribution in [3.8, 4) is 0 Å². The van der Waals surface area contributed by atoms with E-state index in [1.165, 1.54) is 24.6 Å². The van der Waals surface area contributed by atoms with Crippen LogP contribution in [0.15, 0.2) is 15.7 Å². The van der Waals surface area contributed by atoms with Crippen LogP contribution >= 0.6 is 11.3 Å². The first-order valence-electron chi connectivity index (χ1n) is 8.32. The van der Waals surface area contributed by atoms with Crippen LogP contribution < -0.4 is 10.5 Å². The number of fused-ring (bicyclic) bond motifs is 2. The summed E-state index contributed by atoms with van der Waals surface area (Å²) in [5.41, 5.74) is 0.0722. The second-order valence-corrected chi connectivity index (χ2v) is 9.67. The molecule has 4 atom stereocenters. The molecule has 2 fully saturated rings. The van der Waals surface area contributed by atoms with Gasteiger partial charge >= 0.3 is 5.97 Å². The highest BCUT2D eigenvalue weighted by molar-refractivity contribution is 7.91. The zero-order chi connectivity index (χ0) is 18.2. The molecule has 0 saturated heterocycles. The van der Waals surface area contributed by atoms with Crippen LogP contribution in [0.2, 0.25) is 0 Å². The highest BCUT2D eigenvalue weighted by Gasteiger charge is 2.42. The summed E-state index contributed by atoms with van der Waals surface area (Å²) in [6, 6.07) is 1.22. The topological polar surface area (TPSA) is 116 Å². The molecule has 0 radical (unpaired) electrons. The average Bonchev–Trinajstić information content (AvgIpc) is 3.26. The Hall–Kier alpha value is -1.45. The van der Waals surface area contributed by atoms with Gasteiger partial charge in [0.2, 0.25) is 10.0 Å². The summed E-state index contributed by atoms with van der Waals surface area (Å²) in [7, 11) is -3.85. The van der Waals surface area contributed by atoms with E-state index in [-0.39, 0.29) is 28.3 Å². The minimum atomic E-state index is -3.85. The number of hydrogen-bond donors (Lipinski definition) is 2. The number of esters is 1. The van der Waals surface area contributed by atoms with Crippen LogP contribution in [0.4, 0.5) is 0 Å². The van der Waals surface area contributed by atoms with Crippen molar-refractivity contribution < 1.29 is 22.7 Å². The number of primary sulfonamides is 1. The monoisotopic (exact) mass is 386 g/mol. The van der Waals surface area contributed by atoms with Crippen LogP contribution in [0, 0.1) is 17.8 Å². The van der Waals surface area contributed by atoms with E-state index in [9.17, 15) is 18.0 Å². The van der Waals surface area contributed by atoms with Gasteiger partial charge in [-0.15, -0.1) is 11.3 Å². The van der Waals surface area contributed by atoms with Crippen molar-refractivity contribution >= 4 is 33.2 Å². The van der Waals surface area contributed by atoms with Gasteiger partial charge in [-0.05, 0) is 50.0 Å². The molecule has 0 aliphatic heterocycles. The van der Waals surface area contributed by atoms with E-state index >= 15 is 0 Å². The largest absolute Gasteiger partial charge is 0.452 e. The minimum Gasteiger partial charge on any atom is -0.452 e. The Morgan fingerprint density at radius 3 is 2.72 bits per heavy atom. The van der Waals surface area contributed by atoms with E-state index in [0.717, 1.165) is 29.7 Å². The van der Waals surface area contributed by atoms with Gasteiger partial charge in [0.05, 0.1) is 5.56 Å². The molecule has 7 nitrogen and oxygen atoms in total. The Morgan fingerprint density at radius 2 is 2.16 bits per heavy atom. The molecule has 0 spiro atoms. The minimum absolute atomic E-state index is 0.0663. The lowest BCUT2D eigenvalue weighted by atomic mass is 9.84. The second-order valence-electron chi connectivity index (χ2n) is 6.97. The summed E-state index contributed by atoms with van der Waals surface area (Å²) in [6.07, 6.45) is 4.98. The predicted octanol–water partition coefficient (Wildman–Crippen LogP) is 1.49. The molecule has 9 heteroatoms. The molecule has 2 saturated carbocycles. The van der Waals surface area contributed by atoms with Crippen molar-refractivity contribution in [1.82, 2.24) is 5.32 Å². The number of sulfonamides is 1. The van der Waals surface area contributed by atoms with Gasteiger partial charge in [-0.25, -0.2) is 18.4 Å². The SMILES string of the molecule is C[C@H](NC(=O)COC(=O)c1csc(S(N)(=O)=O)c1)[C@@H]1C[C@H]2CC[C@H]1C2. The smallest absolute Gasteiger partial charge is 0.339 e.